The van der Waals surface area contributed by atoms with Gasteiger partial charge in [0.05, 0.1) is 12.8 Å². The third-order valence-corrected chi connectivity index (χ3v) is 4.06. The highest BCUT2D eigenvalue weighted by atomic mass is 79.9. The molecule has 0 unspecified atom stereocenters. The molecule has 1 N–H and O–H groups in total. The fraction of sp³-hybridized carbons (Fsp3) is 0.167. The van der Waals surface area contributed by atoms with Gasteiger partial charge in [-0.05, 0) is 36.4 Å². The van der Waals surface area contributed by atoms with Crippen LogP contribution in [0.5, 0.6) is 5.75 Å². The van der Waals surface area contributed by atoms with Gasteiger partial charge in [0, 0.05) is 17.7 Å². The van der Waals surface area contributed by atoms with Crippen LogP contribution in [-0.4, -0.2) is 28.8 Å². The van der Waals surface area contributed by atoms with Crippen molar-refractivity contribution >= 4 is 33.5 Å². The van der Waals surface area contributed by atoms with Crippen LogP contribution in [0.3, 0.4) is 0 Å². The molecule has 8 nitrogen and oxygen atoms in total. The summed E-state index contributed by atoms with van der Waals surface area (Å²) in [5, 5.41) is 6.57. The summed E-state index contributed by atoms with van der Waals surface area (Å²) in [6.07, 6.45) is 1.50. The van der Waals surface area contributed by atoms with Gasteiger partial charge in [-0.1, -0.05) is 15.9 Å². The molecule has 0 aliphatic carbocycles. The number of aryl methyl sites for hydroxylation is 1. The number of anilines is 1. The third-order valence-electron chi connectivity index (χ3n) is 3.54. The monoisotopic (exact) mass is 433 g/mol. The Morgan fingerprint density at radius 1 is 1.22 bits per heavy atom. The zero-order valence-electron chi connectivity index (χ0n) is 14.6. The lowest BCUT2D eigenvalue weighted by Gasteiger charge is -2.04. The van der Waals surface area contributed by atoms with Gasteiger partial charge in [-0.25, -0.2) is 4.79 Å². The smallest absolute Gasteiger partial charge is 0.360 e. The number of nitrogens with zero attached hydrogens (tertiary/aromatic N) is 2. The number of halogens is 1. The minimum atomic E-state index is -0.645. The van der Waals surface area contributed by atoms with Crippen LogP contribution in [0.2, 0.25) is 0 Å². The molecular formula is C18H16BrN3O5. The lowest BCUT2D eigenvalue weighted by atomic mass is 10.3. The van der Waals surface area contributed by atoms with Crippen LogP contribution >= 0.6 is 15.9 Å². The van der Waals surface area contributed by atoms with E-state index in [4.69, 9.17) is 9.15 Å². The molecule has 27 heavy (non-hydrogen) atoms. The number of ether oxygens (including phenoxy) is 2. The van der Waals surface area contributed by atoms with E-state index in [1.807, 2.05) is 24.3 Å². The molecule has 2 heterocycles. The van der Waals surface area contributed by atoms with Crippen molar-refractivity contribution in [1.82, 2.24) is 9.78 Å². The second-order valence-electron chi connectivity index (χ2n) is 5.52. The summed E-state index contributed by atoms with van der Waals surface area (Å²) in [6, 6.07) is 10.5. The fourth-order valence-corrected chi connectivity index (χ4v) is 2.54. The Kier molecular flexibility index (Phi) is 5.60. The van der Waals surface area contributed by atoms with E-state index in [-0.39, 0.29) is 23.7 Å². The number of carbonyl (C=O) groups excluding carboxylic acids is 2. The number of amides is 1. The number of esters is 1. The summed E-state index contributed by atoms with van der Waals surface area (Å²) in [7, 11) is 2.87. The summed E-state index contributed by atoms with van der Waals surface area (Å²) in [6.45, 7) is 0.176. The number of benzene rings is 1. The van der Waals surface area contributed by atoms with Crippen LogP contribution in [0, 0.1) is 0 Å². The minimum absolute atomic E-state index is 0.0127. The van der Waals surface area contributed by atoms with Gasteiger partial charge >= 0.3 is 5.97 Å². The van der Waals surface area contributed by atoms with E-state index in [1.165, 1.54) is 24.1 Å². The van der Waals surface area contributed by atoms with E-state index in [0.29, 0.717) is 11.5 Å². The SMILES string of the molecule is COC(=O)c1nn(C)cc1NC(=O)c1ccc(COc2ccc(Br)cc2)o1. The zero-order valence-corrected chi connectivity index (χ0v) is 16.1. The molecule has 0 aliphatic heterocycles. The lowest BCUT2D eigenvalue weighted by molar-refractivity contribution is 0.0594. The van der Waals surface area contributed by atoms with E-state index >= 15 is 0 Å². The Labute approximate surface area is 163 Å². The van der Waals surface area contributed by atoms with Gasteiger partial charge in [0.25, 0.3) is 5.91 Å². The van der Waals surface area contributed by atoms with Crippen molar-refractivity contribution in [3.8, 4) is 5.75 Å². The van der Waals surface area contributed by atoms with Crippen molar-refractivity contribution in [1.29, 1.82) is 0 Å². The van der Waals surface area contributed by atoms with Gasteiger partial charge < -0.3 is 19.2 Å². The van der Waals surface area contributed by atoms with Gasteiger partial charge in [-0.2, -0.15) is 5.10 Å². The molecule has 0 spiro atoms. The summed E-state index contributed by atoms with van der Waals surface area (Å²) in [5.41, 5.74) is 0.247. The Bertz CT molecular complexity index is 962. The van der Waals surface area contributed by atoms with Gasteiger partial charge in [0.15, 0.2) is 11.5 Å². The van der Waals surface area contributed by atoms with Crippen LogP contribution < -0.4 is 10.1 Å². The Morgan fingerprint density at radius 2 is 1.96 bits per heavy atom. The Morgan fingerprint density at radius 3 is 2.67 bits per heavy atom. The van der Waals surface area contributed by atoms with E-state index in [9.17, 15) is 9.59 Å². The largest absolute Gasteiger partial charge is 0.486 e. The van der Waals surface area contributed by atoms with Crippen LogP contribution in [0.25, 0.3) is 0 Å². The molecule has 0 radical (unpaired) electrons. The molecule has 9 heteroatoms. The number of furan rings is 1. The maximum atomic E-state index is 12.4. The Hall–Kier alpha value is -3.07. The highest BCUT2D eigenvalue weighted by Crippen LogP contribution is 2.19. The molecule has 140 valence electrons. The van der Waals surface area contributed by atoms with Crippen LogP contribution in [-0.2, 0) is 18.4 Å². The van der Waals surface area contributed by atoms with Crippen LogP contribution in [0.4, 0.5) is 5.69 Å². The topological polar surface area (TPSA) is 95.6 Å². The molecule has 0 atom stereocenters. The van der Waals surface area contributed by atoms with Gasteiger partial charge in [0.2, 0.25) is 0 Å². The first-order chi connectivity index (χ1) is 13.0. The van der Waals surface area contributed by atoms with Crippen LogP contribution in [0.15, 0.2) is 51.5 Å². The highest BCUT2D eigenvalue weighted by molar-refractivity contribution is 9.10. The lowest BCUT2D eigenvalue weighted by Crippen LogP contribution is -2.14. The zero-order chi connectivity index (χ0) is 19.4. The molecule has 0 bridgehead atoms. The van der Waals surface area contributed by atoms with E-state index in [1.54, 1.807) is 13.1 Å². The van der Waals surface area contributed by atoms with Crippen molar-refractivity contribution in [2.24, 2.45) is 7.05 Å². The standard InChI is InChI=1S/C18H16BrN3O5/c1-22-9-14(16(21-22)18(24)25-2)20-17(23)15-8-7-13(27-15)10-26-12-5-3-11(19)4-6-12/h3-9H,10H2,1-2H3,(H,20,23). The third kappa shape index (κ3) is 4.56. The molecule has 0 saturated carbocycles. The first kappa shape index (κ1) is 18.7. The molecule has 0 fully saturated rings. The van der Waals surface area contributed by atoms with Gasteiger partial charge in [0.1, 0.15) is 18.1 Å². The summed E-state index contributed by atoms with van der Waals surface area (Å²) < 4.78 is 18.1. The molecule has 1 aromatic carbocycles. The van der Waals surface area contributed by atoms with Crippen molar-refractivity contribution in [3.05, 3.63) is 64.3 Å². The average Bonchev–Trinajstić information content (AvgIpc) is 3.27. The van der Waals surface area contributed by atoms with E-state index in [0.717, 1.165) is 4.47 Å². The number of hydrogen-bond donors (Lipinski definition) is 1. The van der Waals surface area contributed by atoms with Crippen molar-refractivity contribution in [2.45, 2.75) is 6.61 Å². The maximum Gasteiger partial charge on any atom is 0.360 e. The fourth-order valence-electron chi connectivity index (χ4n) is 2.27. The molecule has 1 amide bonds. The normalized spacial score (nSPS) is 10.5. The molecule has 3 rings (SSSR count). The molecular weight excluding hydrogens is 418 g/mol. The summed E-state index contributed by atoms with van der Waals surface area (Å²) >= 11 is 3.35. The first-order valence-electron chi connectivity index (χ1n) is 7.86. The number of hydrogen-bond acceptors (Lipinski definition) is 6. The second-order valence-corrected chi connectivity index (χ2v) is 6.43. The van der Waals surface area contributed by atoms with Crippen molar-refractivity contribution in [2.75, 3.05) is 12.4 Å². The Balaban J connectivity index is 1.65. The number of aromatic nitrogens is 2. The number of carbonyl (C=O) groups is 2. The quantitative estimate of drug-likeness (QED) is 0.598. The summed E-state index contributed by atoms with van der Waals surface area (Å²) in [5.74, 6) is 0.0992. The minimum Gasteiger partial charge on any atom is -0.486 e. The van der Waals surface area contributed by atoms with Gasteiger partial charge in [-0.15, -0.1) is 0 Å². The predicted octanol–water partition coefficient (Wildman–Crippen LogP) is 3.39. The molecule has 0 saturated heterocycles. The highest BCUT2D eigenvalue weighted by Gasteiger charge is 2.20. The number of methoxy groups -OCH3 is 1. The summed E-state index contributed by atoms with van der Waals surface area (Å²) in [4.78, 5) is 24.1. The predicted molar refractivity (Wildman–Crippen MR) is 99.7 cm³/mol. The molecule has 3 aromatic rings. The van der Waals surface area contributed by atoms with Crippen molar-refractivity contribution in [3.63, 3.8) is 0 Å². The first-order valence-corrected chi connectivity index (χ1v) is 8.66. The van der Waals surface area contributed by atoms with Crippen molar-refractivity contribution < 1.29 is 23.5 Å². The van der Waals surface area contributed by atoms with Crippen LogP contribution in [0.1, 0.15) is 26.8 Å². The number of nitrogens with one attached hydrogen (secondary N) is 1. The maximum absolute atomic E-state index is 12.4. The van der Waals surface area contributed by atoms with Gasteiger partial charge in [-0.3, -0.25) is 9.48 Å². The molecule has 0 aliphatic rings. The molecule has 2 aromatic heterocycles. The second kappa shape index (κ2) is 8.09. The number of rotatable bonds is 6. The van der Waals surface area contributed by atoms with E-state index in [2.05, 4.69) is 31.1 Å². The average molecular weight is 434 g/mol. The van der Waals surface area contributed by atoms with E-state index < -0.39 is 11.9 Å².